The lowest BCUT2D eigenvalue weighted by Gasteiger charge is -2.20. The fourth-order valence-electron chi connectivity index (χ4n) is 2.57. The molecule has 0 amide bonds. The molecule has 2 rings (SSSR count). The number of carbonyl (C=O) groups is 1. The van der Waals surface area contributed by atoms with E-state index in [1.54, 1.807) is 0 Å². The maximum atomic E-state index is 11.2. The number of aliphatic carboxylic acids is 1. The second kappa shape index (κ2) is 5.83. The molecule has 4 nitrogen and oxygen atoms in total. The average Bonchev–Trinajstić information content (AvgIpc) is 2.74. The Labute approximate surface area is 120 Å². The molecule has 1 aromatic rings. The summed E-state index contributed by atoms with van der Waals surface area (Å²) in [6, 6.07) is 8.05. The minimum atomic E-state index is -0.694. The summed E-state index contributed by atoms with van der Waals surface area (Å²) in [6.07, 6.45) is 0.896. The second-order valence-electron chi connectivity index (χ2n) is 6.14. The van der Waals surface area contributed by atoms with Crippen LogP contribution in [0.2, 0.25) is 0 Å². The third kappa shape index (κ3) is 3.51. The van der Waals surface area contributed by atoms with Crippen LogP contribution in [0.5, 0.6) is 5.75 Å². The van der Waals surface area contributed by atoms with Gasteiger partial charge in [-0.3, -0.25) is 9.69 Å². The van der Waals surface area contributed by atoms with E-state index in [0.717, 1.165) is 25.3 Å². The Morgan fingerprint density at radius 1 is 1.40 bits per heavy atom. The van der Waals surface area contributed by atoms with Gasteiger partial charge in [-0.25, -0.2) is 0 Å². The maximum absolute atomic E-state index is 11.2. The summed E-state index contributed by atoms with van der Waals surface area (Å²) >= 11 is 0. The van der Waals surface area contributed by atoms with Gasteiger partial charge in [0, 0.05) is 13.1 Å². The molecular formula is C16H23NO3. The summed E-state index contributed by atoms with van der Waals surface area (Å²) < 4.78 is 5.61. The van der Waals surface area contributed by atoms with Crippen LogP contribution < -0.4 is 4.74 Å². The van der Waals surface area contributed by atoms with Crippen molar-refractivity contribution < 1.29 is 14.6 Å². The average molecular weight is 277 g/mol. The fourth-order valence-corrected chi connectivity index (χ4v) is 2.57. The molecule has 20 heavy (non-hydrogen) atoms. The molecule has 0 aromatic heterocycles. The summed E-state index contributed by atoms with van der Waals surface area (Å²) in [4.78, 5) is 13.4. The Bertz CT molecular complexity index is 469. The van der Waals surface area contributed by atoms with Crippen LogP contribution in [0.25, 0.3) is 0 Å². The van der Waals surface area contributed by atoms with Crippen LogP contribution in [0.1, 0.15) is 32.8 Å². The van der Waals surface area contributed by atoms with Crippen LogP contribution in [0.3, 0.4) is 0 Å². The molecule has 110 valence electrons. The van der Waals surface area contributed by atoms with Crippen LogP contribution in [0.15, 0.2) is 24.3 Å². The molecule has 0 saturated carbocycles. The predicted molar refractivity (Wildman–Crippen MR) is 77.8 cm³/mol. The number of benzene rings is 1. The molecule has 1 fully saturated rings. The molecule has 1 saturated heterocycles. The normalized spacial score (nSPS) is 23.2. The lowest BCUT2D eigenvalue weighted by Crippen LogP contribution is -2.31. The smallest absolute Gasteiger partial charge is 0.310 e. The van der Waals surface area contributed by atoms with Gasteiger partial charge in [-0.1, -0.05) is 12.1 Å². The lowest BCUT2D eigenvalue weighted by atomic mass is 9.90. The summed E-state index contributed by atoms with van der Waals surface area (Å²) in [5.74, 6) is 0.182. The van der Waals surface area contributed by atoms with Crippen molar-refractivity contribution in [3.05, 3.63) is 29.8 Å². The standard InChI is InChI=1S/C16H23NO3/c1-12(2)20-14-6-4-13(5-7-14)10-17-9-8-16(3,11-17)15(18)19/h4-7,12H,8-11H2,1-3H3,(H,18,19). The van der Waals surface area contributed by atoms with E-state index in [2.05, 4.69) is 4.90 Å². The maximum Gasteiger partial charge on any atom is 0.310 e. The van der Waals surface area contributed by atoms with Gasteiger partial charge in [-0.05, 0) is 51.4 Å². The molecule has 1 N–H and O–H groups in total. The van der Waals surface area contributed by atoms with Crippen molar-refractivity contribution in [2.45, 2.75) is 39.8 Å². The van der Waals surface area contributed by atoms with Crippen molar-refractivity contribution >= 4 is 5.97 Å². The molecule has 0 aliphatic carbocycles. The SMILES string of the molecule is CC(C)Oc1ccc(CN2CCC(C)(C(=O)O)C2)cc1. The van der Waals surface area contributed by atoms with Crippen LogP contribution in [0.4, 0.5) is 0 Å². The highest BCUT2D eigenvalue weighted by molar-refractivity contribution is 5.74. The molecule has 1 aliphatic heterocycles. The van der Waals surface area contributed by atoms with E-state index in [1.165, 1.54) is 5.56 Å². The van der Waals surface area contributed by atoms with E-state index >= 15 is 0 Å². The minimum absolute atomic E-state index is 0.177. The first kappa shape index (κ1) is 14.9. The van der Waals surface area contributed by atoms with Crippen molar-refractivity contribution in [1.29, 1.82) is 0 Å². The molecule has 1 aliphatic rings. The van der Waals surface area contributed by atoms with E-state index in [1.807, 2.05) is 45.0 Å². The molecule has 1 unspecified atom stereocenters. The van der Waals surface area contributed by atoms with Gasteiger partial charge >= 0.3 is 5.97 Å². The Morgan fingerprint density at radius 2 is 2.05 bits per heavy atom. The van der Waals surface area contributed by atoms with E-state index in [-0.39, 0.29) is 6.10 Å². The van der Waals surface area contributed by atoms with Crippen LogP contribution in [-0.4, -0.2) is 35.2 Å². The van der Waals surface area contributed by atoms with Gasteiger partial charge in [0.15, 0.2) is 0 Å². The van der Waals surface area contributed by atoms with E-state index in [4.69, 9.17) is 4.74 Å². The molecule has 0 radical (unpaired) electrons. The zero-order chi connectivity index (χ0) is 14.8. The van der Waals surface area contributed by atoms with E-state index in [0.29, 0.717) is 6.54 Å². The Morgan fingerprint density at radius 3 is 2.55 bits per heavy atom. The highest BCUT2D eigenvalue weighted by Gasteiger charge is 2.40. The fraction of sp³-hybridized carbons (Fsp3) is 0.562. The number of hydrogen-bond acceptors (Lipinski definition) is 3. The predicted octanol–water partition coefficient (Wildman–Crippen LogP) is 2.77. The Hall–Kier alpha value is -1.55. The third-order valence-corrected chi connectivity index (χ3v) is 3.77. The van der Waals surface area contributed by atoms with E-state index in [9.17, 15) is 9.90 Å². The van der Waals surface area contributed by atoms with E-state index < -0.39 is 11.4 Å². The van der Waals surface area contributed by atoms with Crippen molar-refractivity contribution in [1.82, 2.24) is 4.90 Å². The molecule has 1 atom stereocenters. The number of hydrogen-bond donors (Lipinski definition) is 1. The summed E-state index contributed by atoms with van der Waals surface area (Å²) in [5.41, 5.74) is 0.594. The van der Waals surface area contributed by atoms with Crippen molar-refractivity contribution in [3.63, 3.8) is 0 Å². The van der Waals surface area contributed by atoms with Gasteiger partial charge in [0.25, 0.3) is 0 Å². The molecule has 1 heterocycles. The summed E-state index contributed by atoms with van der Waals surface area (Å²) in [5, 5.41) is 9.23. The number of ether oxygens (including phenoxy) is 1. The van der Waals surface area contributed by atoms with Gasteiger partial charge in [-0.2, -0.15) is 0 Å². The van der Waals surface area contributed by atoms with Crippen LogP contribution >= 0.6 is 0 Å². The number of carboxylic acids is 1. The molecule has 1 aromatic carbocycles. The number of nitrogens with zero attached hydrogens (tertiary/aromatic N) is 1. The van der Waals surface area contributed by atoms with Crippen LogP contribution in [-0.2, 0) is 11.3 Å². The van der Waals surface area contributed by atoms with Gasteiger partial charge < -0.3 is 9.84 Å². The third-order valence-electron chi connectivity index (χ3n) is 3.77. The highest BCUT2D eigenvalue weighted by Crippen LogP contribution is 2.31. The zero-order valence-corrected chi connectivity index (χ0v) is 12.4. The molecule has 0 spiro atoms. The summed E-state index contributed by atoms with van der Waals surface area (Å²) in [7, 11) is 0. The first-order valence-electron chi connectivity index (χ1n) is 7.10. The number of likely N-dealkylation sites (tertiary alicyclic amines) is 1. The zero-order valence-electron chi connectivity index (χ0n) is 12.4. The molecular weight excluding hydrogens is 254 g/mol. The largest absolute Gasteiger partial charge is 0.491 e. The van der Waals surface area contributed by atoms with Crippen LogP contribution in [0, 0.1) is 5.41 Å². The van der Waals surface area contributed by atoms with Gasteiger partial charge in [0.2, 0.25) is 0 Å². The molecule has 4 heteroatoms. The number of rotatable bonds is 5. The van der Waals surface area contributed by atoms with Crippen molar-refractivity contribution in [3.8, 4) is 5.75 Å². The van der Waals surface area contributed by atoms with Gasteiger partial charge in [-0.15, -0.1) is 0 Å². The monoisotopic (exact) mass is 277 g/mol. The Balaban J connectivity index is 1.93. The quantitative estimate of drug-likeness (QED) is 0.899. The van der Waals surface area contributed by atoms with Gasteiger partial charge in [0.05, 0.1) is 11.5 Å². The second-order valence-corrected chi connectivity index (χ2v) is 6.14. The minimum Gasteiger partial charge on any atom is -0.491 e. The van der Waals surface area contributed by atoms with Crippen molar-refractivity contribution in [2.75, 3.05) is 13.1 Å². The first-order chi connectivity index (χ1) is 9.39. The lowest BCUT2D eigenvalue weighted by molar-refractivity contribution is -0.147. The van der Waals surface area contributed by atoms with Crippen molar-refractivity contribution in [2.24, 2.45) is 5.41 Å². The number of carboxylic acid groups (broad SMARTS) is 1. The Kier molecular flexibility index (Phi) is 4.33. The summed E-state index contributed by atoms with van der Waals surface area (Å²) in [6.45, 7) is 8.09. The van der Waals surface area contributed by atoms with Gasteiger partial charge in [0.1, 0.15) is 5.75 Å². The topological polar surface area (TPSA) is 49.8 Å². The molecule has 0 bridgehead atoms. The first-order valence-corrected chi connectivity index (χ1v) is 7.10. The highest BCUT2D eigenvalue weighted by atomic mass is 16.5.